The Labute approximate surface area is 128 Å². The van der Waals surface area contributed by atoms with Crippen molar-refractivity contribution >= 4 is 13.5 Å². The van der Waals surface area contributed by atoms with Crippen LogP contribution in [0.2, 0.25) is 0 Å². The third kappa shape index (κ3) is 4.56. The van der Waals surface area contributed by atoms with Crippen LogP contribution in [0.4, 0.5) is 0 Å². The molecule has 1 aromatic carbocycles. The van der Waals surface area contributed by atoms with Crippen LogP contribution in [0.15, 0.2) is 53.0 Å². The molecule has 0 radical (unpaired) electrons. The van der Waals surface area contributed by atoms with Crippen molar-refractivity contribution < 1.29 is 24.6 Å². The lowest BCUT2D eigenvalue weighted by molar-refractivity contribution is 0.374. The van der Waals surface area contributed by atoms with E-state index in [1.165, 1.54) is 18.2 Å². The molecule has 1 aliphatic rings. The van der Waals surface area contributed by atoms with Crippen LogP contribution in [0.1, 0.15) is 24.8 Å². The molecule has 0 saturated carbocycles. The largest absolute Gasteiger partial charge is 0.508 e. The maximum atomic E-state index is 11.1. The summed E-state index contributed by atoms with van der Waals surface area (Å²) < 4.78 is 14.5. The van der Waals surface area contributed by atoms with Gasteiger partial charge in [-0.3, -0.25) is 0 Å². The van der Waals surface area contributed by atoms with Gasteiger partial charge < -0.3 is 20.0 Å². The van der Waals surface area contributed by atoms with Gasteiger partial charge in [0.2, 0.25) is 0 Å². The number of aliphatic hydroxyl groups excluding tert-OH is 1. The second-order valence-corrected chi connectivity index (χ2v) is 6.53. The van der Waals surface area contributed by atoms with Gasteiger partial charge in [-0.05, 0) is 48.3 Å². The number of rotatable bonds is 4. The molecular formula is C15H18NO5P. The molecule has 2 atom stereocenters. The maximum absolute atomic E-state index is 11.1. The maximum Gasteiger partial charge on any atom is 0.448 e. The Bertz CT molecular complexity index is 689. The van der Waals surface area contributed by atoms with Crippen molar-refractivity contribution in [2.24, 2.45) is 10.7 Å². The summed E-state index contributed by atoms with van der Waals surface area (Å²) in [5, 5.41) is 19.1. The molecule has 6 nitrogen and oxygen atoms in total. The van der Waals surface area contributed by atoms with Gasteiger partial charge in [-0.25, -0.2) is 4.57 Å². The van der Waals surface area contributed by atoms with Crippen LogP contribution in [0.3, 0.4) is 0 Å². The summed E-state index contributed by atoms with van der Waals surface area (Å²) in [7, 11) is -4.53. The average molecular weight is 323 g/mol. The van der Waals surface area contributed by atoms with Gasteiger partial charge in [0.25, 0.3) is 0 Å². The van der Waals surface area contributed by atoms with E-state index in [2.05, 4.69) is 4.76 Å². The second-order valence-electron chi connectivity index (χ2n) is 5.30. The standard InChI is InChI=1S/C15H18NO5P/c1-10(11-3-2-4-13(17)8-11)7-12-9-14(18)5-6-15(12)16-22(19,20)21/h2-6,8-10,12,17-18H,7H2,1H3,(H2,19,20,21)/b16-15+. The summed E-state index contributed by atoms with van der Waals surface area (Å²) in [4.78, 5) is 18.0. The van der Waals surface area contributed by atoms with E-state index in [-0.39, 0.29) is 23.1 Å². The van der Waals surface area contributed by atoms with Crippen molar-refractivity contribution in [2.75, 3.05) is 0 Å². The van der Waals surface area contributed by atoms with Gasteiger partial charge in [0.1, 0.15) is 11.5 Å². The number of aromatic hydroxyl groups is 1. The van der Waals surface area contributed by atoms with Crippen molar-refractivity contribution in [2.45, 2.75) is 19.3 Å². The highest BCUT2D eigenvalue weighted by Gasteiger charge is 2.23. The summed E-state index contributed by atoms with van der Waals surface area (Å²) in [5.74, 6) is -0.197. The number of hydrogen-bond donors (Lipinski definition) is 4. The predicted octanol–water partition coefficient (Wildman–Crippen LogP) is 3.05. The number of hydrogen-bond acceptors (Lipinski definition) is 3. The van der Waals surface area contributed by atoms with Crippen molar-refractivity contribution in [3.8, 4) is 5.75 Å². The first-order valence-corrected chi connectivity index (χ1v) is 8.34. The third-order valence-corrected chi connectivity index (χ3v) is 3.96. The number of allylic oxidation sites excluding steroid dienone is 3. The van der Waals surface area contributed by atoms with Gasteiger partial charge >= 0.3 is 7.75 Å². The number of nitrogens with zero attached hydrogens (tertiary/aromatic N) is 1. The Hall–Kier alpha value is -1.88. The minimum Gasteiger partial charge on any atom is -0.508 e. The van der Waals surface area contributed by atoms with Gasteiger partial charge in [-0.2, -0.15) is 4.76 Å². The van der Waals surface area contributed by atoms with Crippen LogP contribution < -0.4 is 0 Å². The lowest BCUT2D eigenvalue weighted by Crippen LogP contribution is -2.16. The second kappa shape index (κ2) is 6.48. The van der Waals surface area contributed by atoms with Crippen LogP contribution in [0.5, 0.6) is 5.75 Å². The molecule has 0 heterocycles. The molecule has 0 saturated heterocycles. The predicted molar refractivity (Wildman–Crippen MR) is 84.0 cm³/mol. The molecule has 0 aliphatic heterocycles. The minimum atomic E-state index is -4.53. The zero-order valence-electron chi connectivity index (χ0n) is 12.0. The molecule has 0 spiro atoms. The summed E-state index contributed by atoms with van der Waals surface area (Å²) in [6.45, 7) is 1.94. The number of benzene rings is 1. The van der Waals surface area contributed by atoms with Gasteiger partial charge in [0, 0.05) is 5.92 Å². The van der Waals surface area contributed by atoms with Crippen LogP contribution >= 0.6 is 7.75 Å². The monoisotopic (exact) mass is 323 g/mol. The topological polar surface area (TPSA) is 110 Å². The van der Waals surface area contributed by atoms with E-state index in [4.69, 9.17) is 9.79 Å². The number of phenols is 1. The molecule has 0 aromatic heterocycles. The molecule has 0 fully saturated rings. The summed E-state index contributed by atoms with van der Waals surface area (Å²) >= 11 is 0. The van der Waals surface area contributed by atoms with Crippen LogP contribution in [-0.4, -0.2) is 25.7 Å². The number of phenolic OH excluding ortho intramolecular Hbond substituents is 1. The fraction of sp³-hybridized carbons (Fsp3) is 0.267. The van der Waals surface area contributed by atoms with E-state index in [0.29, 0.717) is 6.42 Å². The molecule has 1 aliphatic carbocycles. The molecule has 2 rings (SSSR count). The molecule has 0 amide bonds. The summed E-state index contributed by atoms with van der Waals surface area (Å²) in [6.07, 6.45) is 4.78. The fourth-order valence-electron chi connectivity index (χ4n) is 2.44. The van der Waals surface area contributed by atoms with Gasteiger partial charge in [0.05, 0.1) is 5.71 Å². The van der Waals surface area contributed by atoms with Crippen molar-refractivity contribution in [3.05, 3.63) is 53.8 Å². The van der Waals surface area contributed by atoms with E-state index in [1.807, 2.05) is 13.0 Å². The van der Waals surface area contributed by atoms with Crippen molar-refractivity contribution in [1.29, 1.82) is 0 Å². The van der Waals surface area contributed by atoms with E-state index >= 15 is 0 Å². The highest BCUT2D eigenvalue weighted by Crippen LogP contribution is 2.39. The minimum absolute atomic E-state index is 0.00891. The fourth-order valence-corrected chi connectivity index (χ4v) is 2.95. The van der Waals surface area contributed by atoms with Gasteiger partial charge in [0.15, 0.2) is 0 Å². The summed E-state index contributed by atoms with van der Waals surface area (Å²) in [6, 6.07) is 6.82. The molecule has 22 heavy (non-hydrogen) atoms. The molecule has 0 bridgehead atoms. The smallest absolute Gasteiger partial charge is 0.448 e. The Morgan fingerprint density at radius 2 is 2.00 bits per heavy atom. The zero-order valence-corrected chi connectivity index (χ0v) is 12.9. The molecule has 2 unspecified atom stereocenters. The van der Waals surface area contributed by atoms with Gasteiger partial charge in [-0.15, -0.1) is 0 Å². The van der Waals surface area contributed by atoms with E-state index in [1.54, 1.807) is 18.2 Å². The van der Waals surface area contributed by atoms with Crippen molar-refractivity contribution in [1.82, 2.24) is 0 Å². The molecule has 118 valence electrons. The molecule has 1 aromatic rings. The van der Waals surface area contributed by atoms with E-state index < -0.39 is 13.7 Å². The molecule has 7 heteroatoms. The Balaban J connectivity index is 2.23. The first-order valence-electron chi connectivity index (χ1n) is 6.78. The average Bonchev–Trinajstić information content (AvgIpc) is 2.40. The first kappa shape index (κ1) is 16.5. The lowest BCUT2D eigenvalue weighted by atomic mass is 9.85. The van der Waals surface area contributed by atoms with Crippen LogP contribution in [-0.2, 0) is 4.57 Å². The van der Waals surface area contributed by atoms with Crippen LogP contribution in [0, 0.1) is 5.92 Å². The van der Waals surface area contributed by atoms with Crippen molar-refractivity contribution in [3.63, 3.8) is 0 Å². The summed E-state index contributed by atoms with van der Waals surface area (Å²) in [5.41, 5.74) is 1.14. The Morgan fingerprint density at radius 3 is 2.64 bits per heavy atom. The highest BCUT2D eigenvalue weighted by atomic mass is 31.2. The first-order chi connectivity index (χ1) is 10.2. The Morgan fingerprint density at radius 1 is 1.27 bits per heavy atom. The SMILES string of the molecule is CC(CC1C=C(O)C=C/C1=N\P(=O)(O)O)c1cccc(O)c1. The van der Waals surface area contributed by atoms with Crippen LogP contribution in [0.25, 0.3) is 0 Å². The van der Waals surface area contributed by atoms with Gasteiger partial charge in [-0.1, -0.05) is 19.1 Å². The highest BCUT2D eigenvalue weighted by molar-refractivity contribution is 7.50. The molecule has 4 N–H and O–H groups in total. The van der Waals surface area contributed by atoms with E-state index in [9.17, 15) is 14.8 Å². The zero-order chi connectivity index (χ0) is 16.3. The Kier molecular flexibility index (Phi) is 4.86. The quantitative estimate of drug-likeness (QED) is 0.637. The molecular weight excluding hydrogens is 305 g/mol. The normalized spacial score (nSPS) is 21.7. The van der Waals surface area contributed by atoms with E-state index in [0.717, 1.165) is 5.56 Å². The third-order valence-electron chi connectivity index (χ3n) is 3.47. The lowest BCUT2D eigenvalue weighted by Gasteiger charge is -2.21. The number of aliphatic hydroxyl groups is 1.